The van der Waals surface area contributed by atoms with Gasteiger partial charge >= 0.3 is 0 Å². The van der Waals surface area contributed by atoms with E-state index in [1.807, 2.05) is 13.8 Å². The molecule has 0 aromatic carbocycles. The molecule has 0 saturated carbocycles. The molecule has 0 bridgehead atoms. The van der Waals surface area contributed by atoms with Gasteiger partial charge in [0.15, 0.2) is 0 Å². The first-order valence-electron chi connectivity index (χ1n) is 6.14. The highest BCUT2D eigenvalue weighted by Crippen LogP contribution is 2.32. The van der Waals surface area contributed by atoms with E-state index >= 15 is 0 Å². The van der Waals surface area contributed by atoms with Crippen LogP contribution in [0.1, 0.15) is 35.9 Å². The Labute approximate surface area is 118 Å². The second-order valence-corrected chi connectivity index (χ2v) is 8.19. The first-order chi connectivity index (χ1) is 8.46. The van der Waals surface area contributed by atoms with Gasteiger partial charge in [-0.25, -0.2) is 8.42 Å². The maximum atomic E-state index is 12.6. The first kappa shape index (κ1) is 14.3. The SMILES string of the molecule is Cc1sc(CCl)cc1S(=O)(=O)N1CCCCC1C. The van der Waals surface area contributed by atoms with Crippen LogP contribution < -0.4 is 0 Å². The van der Waals surface area contributed by atoms with Crippen molar-refractivity contribution in [2.24, 2.45) is 0 Å². The molecule has 1 atom stereocenters. The number of nitrogens with zero attached hydrogens (tertiary/aromatic N) is 1. The number of sulfonamides is 1. The summed E-state index contributed by atoms with van der Waals surface area (Å²) >= 11 is 7.25. The second kappa shape index (κ2) is 5.49. The first-order valence-corrected chi connectivity index (χ1v) is 8.93. The number of rotatable bonds is 3. The Kier molecular flexibility index (Phi) is 4.36. The molecule has 1 aromatic heterocycles. The average molecular weight is 308 g/mol. The van der Waals surface area contributed by atoms with E-state index in [0.717, 1.165) is 29.0 Å². The van der Waals surface area contributed by atoms with E-state index in [2.05, 4.69) is 0 Å². The molecular formula is C12H18ClNO2S2. The van der Waals surface area contributed by atoms with Crippen LogP contribution in [0.15, 0.2) is 11.0 Å². The van der Waals surface area contributed by atoms with E-state index in [0.29, 0.717) is 17.3 Å². The van der Waals surface area contributed by atoms with Gasteiger partial charge in [0.1, 0.15) is 0 Å². The fraction of sp³-hybridized carbons (Fsp3) is 0.667. The Balaban J connectivity index is 2.37. The van der Waals surface area contributed by atoms with Gasteiger partial charge in [0.2, 0.25) is 10.0 Å². The van der Waals surface area contributed by atoms with E-state index < -0.39 is 10.0 Å². The third-order valence-electron chi connectivity index (χ3n) is 3.38. The van der Waals surface area contributed by atoms with Crippen molar-refractivity contribution in [1.29, 1.82) is 0 Å². The van der Waals surface area contributed by atoms with E-state index in [9.17, 15) is 8.42 Å². The van der Waals surface area contributed by atoms with E-state index in [4.69, 9.17) is 11.6 Å². The lowest BCUT2D eigenvalue weighted by Crippen LogP contribution is -2.41. The molecule has 0 amide bonds. The lowest BCUT2D eigenvalue weighted by Gasteiger charge is -2.32. The minimum Gasteiger partial charge on any atom is -0.207 e. The van der Waals surface area contributed by atoms with E-state index in [1.54, 1.807) is 10.4 Å². The van der Waals surface area contributed by atoms with Crippen molar-refractivity contribution in [3.05, 3.63) is 15.8 Å². The van der Waals surface area contributed by atoms with Crippen LogP contribution in [-0.2, 0) is 15.9 Å². The third kappa shape index (κ3) is 2.59. The molecule has 1 fully saturated rings. The molecule has 18 heavy (non-hydrogen) atoms. The molecule has 1 aromatic rings. The monoisotopic (exact) mass is 307 g/mol. The molecule has 1 aliphatic heterocycles. The maximum absolute atomic E-state index is 12.6. The van der Waals surface area contributed by atoms with E-state index in [1.165, 1.54) is 11.3 Å². The van der Waals surface area contributed by atoms with Gasteiger partial charge in [0, 0.05) is 22.3 Å². The summed E-state index contributed by atoms with van der Waals surface area (Å²) in [5.41, 5.74) is 0. The van der Waals surface area contributed by atoms with Gasteiger partial charge in [-0.15, -0.1) is 22.9 Å². The van der Waals surface area contributed by atoms with Gasteiger partial charge in [0.05, 0.1) is 10.8 Å². The molecule has 1 aliphatic rings. The number of aryl methyl sites for hydroxylation is 1. The van der Waals surface area contributed by atoms with Gasteiger partial charge in [-0.3, -0.25) is 0 Å². The van der Waals surface area contributed by atoms with E-state index in [-0.39, 0.29) is 6.04 Å². The molecule has 2 rings (SSSR count). The predicted octanol–water partition coefficient (Wildman–Crippen LogP) is 3.36. The predicted molar refractivity (Wildman–Crippen MR) is 75.8 cm³/mol. The van der Waals surface area contributed by atoms with Crippen LogP contribution in [0.4, 0.5) is 0 Å². The number of thiophene rings is 1. The largest absolute Gasteiger partial charge is 0.244 e. The molecule has 102 valence electrons. The Morgan fingerprint density at radius 3 is 2.78 bits per heavy atom. The van der Waals surface area contributed by atoms with Gasteiger partial charge in [-0.05, 0) is 32.8 Å². The normalized spacial score (nSPS) is 22.3. The molecule has 1 saturated heterocycles. The van der Waals surface area contributed by atoms with Crippen LogP contribution in [0.5, 0.6) is 0 Å². The summed E-state index contributed by atoms with van der Waals surface area (Å²) in [6, 6.07) is 1.83. The topological polar surface area (TPSA) is 37.4 Å². The smallest absolute Gasteiger partial charge is 0.207 e. The van der Waals surface area contributed by atoms with Crippen molar-refractivity contribution in [1.82, 2.24) is 4.31 Å². The Hall–Kier alpha value is -0.100. The summed E-state index contributed by atoms with van der Waals surface area (Å²) in [7, 11) is -3.35. The molecule has 2 heterocycles. The zero-order valence-corrected chi connectivity index (χ0v) is 13.0. The van der Waals surface area contributed by atoms with Crippen molar-refractivity contribution in [3.63, 3.8) is 0 Å². The minimum atomic E-state index is -3.35. The van der Waals surface area contributed by atoms with Crippen LogP contribution in [0.3, 0.4) is 0 Å². The van der Waals surface area contributed by atoms with Crippen molar-refractivity contribution in [2.45, 2.75) is 49.9 Å². The summed E-state index contributed by atoms with van der Waals surface area (Å²) in [4.78, 5) is 2.19. The van der Waals surface area contributed by atoms with Crippen molar-refractivity contribution >= 4 is 33.0 Å². The molecule has 6 heteroatoms. The number of piperidine rings is 1. The zero-order valence-electron chi connectivity index (χ0n) is 10.6. The summed E-state index contributed by atoms with van der Waals surface area (Å²) < 4.78 is 26.9. The molecule has 0 spiro atoms. The van der Waals surface area contributed by atoms with Crippen LogP contribution in [0, 0.1) is 6.92 Å². The molecule has 1 unspecified atom stereocenters. The lowest BCUT2D eigenvalue weighted by atomic mass is 10.1. The number of alkyl halides is 1. The molecule has 0 N–H and O–H groups in total. The summed E-state index contributed by atoms with van der Waals surface area (Å²) in [5, 5.41) is 0. The van der Waals surface area contributed by atoms with Crippen LogP contribution in [0.2, 0.25) is 0 Å². The molecule has 0 aliphatic carbocycles. The lowest BCUT2D eigenvalue weighted by molar-refractivity contribution is 0.268. The Morgan fingerprint density at radius 2 is 2.22 bits per heavy atom. The highest BCUT2D eigenvalue weighted by Gasteiger charge is 2.32. The number of hydrogen-bond donors (Lipinski definition) is 0. The summed E-state index contributed by atoms with van der Waals surface area (Å²) in [5.74, 6) is 0.372. The summed E-state index contributed by atoms with van der Waals surface area (Å²) in [6.45, 7) is 4.47. The highest BCUT2D eigenvalue weighted by molar-refractivity contribution is 7.89. The van der Waals surface area contributed by atoms with Gasteiger partial charge in [-0.1, -0.05) is 6.42 Å². The van der Waals surface area contributed by atoms with Crippen LogP contribution >= 0.6 is 22.9 Å². The van der Waals surface area contributed by atoms with Gasteiger partial charge < -0.3 is 0 Å². The zero-order chi connectivity index (χ0) is 13.3. The quantitative estimate of drug-likeness (QED) is 0.803. The third-order valence-corrected chi connectivity index (χ3v) is 7.15. The van der Waals surface area contributed by atoms with Gasteiger partial charge in [-0.2, -0.15) is 4.31 Å². The molecule has 3 nitrogen and oxygen atoms in total. The van der Waals surface area contributed by atoms with Crippen LogP contribution in [0.25, 0.3) is 0 Å². The highest BCUT2D eigenvalue weighted by atomic mass is 35.5. The minimum absolute atomic E-state index is 0.0995. The standard InChI is InChI=1S/C12H18ClNO2S2/c1-9-5-3-4-6-14(9)18(15,16)12-7-11(8-13)17-10(12)2/h7,9H,3-6,8H2,1-2H3. The number of halogens is 1. The second-order valence-electron chi connectivity index (χ2n) is 4.73. The molecular weight excluding hydrogens is 290 g/mol. The van der Waals surface area contributed by atoms with Crippen LogP contribution in [-0.4, -0.2) is 25.3 Å². The Morgan fingerprint density at radius 1 is 1.50 bits per heavy atom. The van der Waals surface area contributed by atoms with Crippen molar-refractivity contribution in [3.8, 4) is 0 Å². The Bertz CT molecular complexity index is 524. The summed E-state index contributed by atoms with van der Waals surface area (Å²) in [6.07, 6.45) is 3.02. The van der Waals surface area contributed by atoms with Crippen molar-refractivity contribution in [2.75, 3.05) is 6.54 Å². The molecule has 0 radical (unpaired) electrons. The number of hydrogen-bond acceptors (Lipinski definition) is 3. The maximum Gasteiger partial charge on any atom is 0.244 e. The fourth-order valence-electron chi connectivity index (χ4n) is 2.40. The average Bonchev–Trinajstić information content (AvgIpc) is 2.71. The fourth-order valence-corrected chi connectivity index (χ4v) is 5.80. The van der Waals surface area contributed by atoms with Gasteiger partial charge in [0.25, 0.3) is 0 Å². The van der Waals surface area contributed by atoms with Crippen molar-refractivity contribution < 1.29 is 8.42 Å².